The maximum atomic E-state index is 12.0. The summed E-state index contributed by atoms with van der Waals surface area (Å²) in [5.41, 5.74) is 6.98. The molecule has 1 saturated carbocycles. The van der Waals surface area contributed by atoms with Crippen LogP contribution in [0, 0.1) is 5.92 Å². The van der Waals surface area contributed by atoms with Gasteiger partial charge in [0.15, 0.2) is 0 Å². The summed E-state index contributed by atoms with van der Waals surface area (Å²) >= 11 is 0. The van der Waals surface area contributed by atoms with Crippen molar-refractivity contribution in [2.45, 2.75) is 38.6 Å². The van der Waals surface area contributed by atoms with Crippen LogP contribution in [0.5, 0.6) is 0 Å². The second-order valence-corrected chi connectivity index (χ2v) is 4.96. The number of carbonyl (C=O) groups excluding carboxylic acids is 1. The van der Waals surface area contributed by atoms with Crippen molar-refractivity contribution in [3.8, 4) is 0 Å². The summed E-state index contributed by atoms with van der Waals surface area (Å²) in [5.74, 6) is 0.602. The number of nitrogen functional groups attached to an aromatic ring is 1. The lowest BCUT2D eigenvalue weighted by molar-refractivity contribution is 0.0910. The van der Waals surface area contributed by atoms with Crippen molar-refractivity contribution >= 4 is 24.0 Å². The Labute approximate surface area is 115 Å². The Balaban J connectivity index is 0.00000162. The Morgan fingerprint density at radius 3 is 2.44 bits per heavy atom. The molecule has 2 atom stereocenters. The van der Waals surface area contributed by atoms with Crippen LogP contribution >= 0.6 is 12.4 Å². The Morgan fingerprint density at radius 2 is 1.83 bits per heavy atom. The molecule has 0 aromatic heterocycles. The molecule has 0 radical (unpaired) electrons. The first-order valence-corrected chi connectivity index (χ1v) is 6.33. The van der Waals surface area contributed by atoms with E-state index in [0.29, 0.717) is 23.2 Å². The van der Waals surface area contributed by atoms with Gasteiger partial charge in [-0.25, -0.2) is 0 Å². The number of hydrogen-bond acceptors (Lipinski definition) is 2. The molecule has 1 fully saturated rings. The molecule has 0 heterocycles. The Bertz CT molecular complexity index is 391. The zero-order chi connectivity index (χ0) is 12.3. The number of anilines is 1. The predicted octanol–water partition coefficient (Wildman–Crippen LogP) is 3.00. The van der Waals surface area contributed by atoms with Gasteiger partial charge in [0.1, 0.15) is 0 Å². The van der Waals surface area contributed by atoms with E-state index in [1.165, 1.54) is 19.3 Å². The van der Waals surface area contributed by atoms with E-state index < -0.39 is 0 Å². The van der Waals surface area contributed by atoms with Crippen LogP contribution in [0.15, 0.2) is 24.3 Å². The maximum absolute atomic E-state index is 12.0. The zero-order valence-corrected chi connectivity index (χ0v) is 11.5. The number of carbonyl (C=O) groups is 1. The second-order valence-electron chi connectivity index (χ2n) is 4.96. The smallest absolute Gasteiger partial charge is 0.251 e. The molecule has 1 aliphatic rings. The van der Waals surface area contributed by atoms with Gasteiger partial charge in [-0.15, -0.1) is 12.4 Å². The van der Waals surface area contributed by atoms with Crippen LogP contribution in [0.3, 0.4) is 0 Å². The van der Waals surface area contributed by atoms with Crippen LogP contribution in [0.25, 0.3) is 0 Å². The molecule has 0 bridgehead atoms. The SMILES string of the molecule is CC1CCCCC1NC(=O)c1ccc(N)cc1.Cl. The molecule has 3 nitrogen and oxygen atoms in total. The first kappa shape index (κ1) is 14.8. The first-order chi connectivity index (χ1) is 8.16. The van der Waals surface area contributed by atoms with Gasteiger partial charge in [0.05, 0.1) is 0 Å². The Hall–Kier alpha value is -1.22. The summed E-state index contributed by atoms with van der Waals surface area (Å²) in [6, 6.07) is 7.41. The number of halogens is 1. The van der Waals surface area contributed by atoms with Crippen molar-refractivity contribution in [1.82, 2.24) is 5.32 Å². The second kappa shape index (κ2) is 6.64. The Morgan fingerprint density at radius 1 is 1.22 bits per heavy atom. The van der Waals surface area contributed by atoms with Gasteiger partial charge in [0, 0.05) is 17.3 Å². The predicted molar refractivity (Wildman–Crippen MR) is 77.0 cm³/mol. The van der Waals surface area contributed by atoms with Gasteiger partial charge >= 0.3 is 0 Å². The van der Waals surface area contributed by atoms with E-state index in [1.54, 1.807) is 24.3 Å². The standard InChI is InChI=1S/C14H20N2O.ClH/c1-10-4-2-3-5-13(10)16-14(17)11-6-8-12(15)9-7-11;/h6-10,13H,2-5,15H2,1H3,(H,16,17);1H. The fraction of sp³-hybridized carbons (Fsp3) is 0.500. The third-order valence-corrected chi connectivity index (χ3v) is 3.60. The average molecular weight is 269 g/mol. The zero-order valence-electron chi connectivity index (χ0n) is 10.7. The molecule has 0 spiro atoms. The van der Waals surface area contributed by atoms with Crippen molar-refractivity contribution in [3.05, 3.63) is 29.8 Å². The molecule has 2 rings (SSSR count). The van der Waals surface area contributed by atoms with Gasteiger partial charge in [-0.05, 0) is 43.0 Å². The third kappa shape index (κ3) is 3.64. The highest BCUT2D eigenvalue weighted by atomic mass is 35.5. The lowest BCUT2D eigenvalue weighted by Gasteiger charge is -2.29. The third-order valence-electron chi connectivity index (χ3n) is 3.60. The van der Waals surface area contributed by atoms with E-state index in [4.69, 9.17) is 5.73 Å². The molecular weight excluding hydrogens is 248 g/mol. The molecule has 1 aromatic rings. The number of benzene rings is 1. The molecule has 0 saturated heterocycles. The van der Waals surface area contributed by atoms with Crippen molar-refractivity contribution in [2.75, 3.05) is 5.73 Å². The quantitative estimate of drug-likeness (QED) is 0.810. The summed E-state index contributed by atoms with van der Waals surface area (Å²) < 4.78 is 0. The highest BCUT2D eigenvalue weighted by molar-refractivity contribution is 5.94. The number of nitrogens with two attached hydrogens (primary N) is 1. The summed E-state index contributed by atoms with van der Waals surface area (Å²) in [4.78, 5) is 12.0. The van der Waals surface area contributed by atoms with Gasteiger partial charge in [0.25, 0.3) is 5.91 Å². The van der Waals surface area contributed by atoms with E-state index in [0.717, 1.165) is 6.42 Å². The lowest BCUT2D eigenvalue weighted by Crippen LogP contribution is -2.41. The van der Waals surface area contributed by atoms with Gasteiger partial charge < -0.3 is 11.1 Å². The molecule has 1 aliphatic carbocycles. The minimum Gasteiger partial charge on any atom is -0.399 e. The van der Waals surface area contributed by atoms with E-state index >= 15 is 0 Å². The van der Waals surface area contributed by atoms with Crippen LogP contribution in [0.4, 0.5) is 5.69 Å². The van der Waals surface area contributed by atoms with Gasteiger partial charge in [0.2, 0.25) is 0 Å². The van der Waals surface area contributed by atoms with Crippen molar-refractivity contribution < 1.29 is 4.79 Å². The van der Waals surface area contributed by atoms with Crippen LogP contribution in [0.1, 0.15) is 43.0 Å². The highest BCUT2D eigenvalue weighted by Crippen LogP contribution is 2.24. The number of amides is 1. The van der Waals surface area contributed by atoms with Crippen molar-refractivity contribution in [3.63, 3.8) is 0 Å². The minimum atomic E-state index is 0. The molecule has 1 aromatic carbocycles. The number of hydrogen-bond donors (Lipinski definition) is 2. The minimum absolute atomic E-state index is 0. The summed E-state index contributed by atoms with van der Waals surface area (Å²) in [5, 5.41) is 3.12. The van der Waals surface area contributed by atoms with Crippen LogP contribution in [-0.4, -0.2) is 11.9 Å². The van der Waals surface area contributed by atoms with Crippen molar-refractivity contribution in [1.29, 1.82) is 0 Å². The topological polar surface area (TPSA) is 55.1 Å². The molecule has 0 aliphatic heterocycles. The lowest BCUT2D eigenvalue weighted by atomic mass is 9.86. The average Bonchev–Trinajstić information content (AvgIpc) is 2.33. The molecule has 2 unspecified atom stereocenters. The summed E-state index contributed by atoms with van der Waals surface area (Å²) in [6.45, 7) is 2.22. The molecule has 3 N–H and O–H groups in total. The number of rotatable bonds is 2. The summed E-state index contributed by atoms with van der Waals surface area (Å²) in [7, 11) is 0. The van der Waals surface area contributed by atoms with E-state index in [1.807, 2.05) is 0 Å². The highest BCUT2D eigenvalue weighted by Gasteiger charge is 2.22. The van der Waals surface area contributed by atoms with E-state index in [2.05, 4.69) is 12.2 Å². The molecule has 1 amide bonds. The Kier molecular flexibility index (Phi) is 5.48. The molecule has 18 heavy (non-hydrogen) atoms. The van der Waals surface area contributed by atoms with E-state index in [9.17, 15) is 4.79 Å². The fourth-order valence-electron chi connectivity index (χ4n) is 2.42. The van der Waals surface area contributed by atoms with Crippen LogP contribution in [0.2, 0.25) is 0 Å². The maximum Gasteiger partial charge on any atom is 0.251 e. The van der Waals surface area contributed by atoms with Crippen LogP contribution in [-0.2, 0) is 0 Å². The van der Waals surface area contributed by atoms with E-state index in [-0.39, 0.29) is 18.3 Å². The monoisotopic (exact) mass is 268 g/mol. The van der Waals surface area contributed by atoms with Crippen molar-refractivity contribution in [2.24, 2.45) is 5.92 Å². The largest absolute Gasteiger partial charge is 0.399 e. The van der Waals surface area contributed by atoms with Gasteiger partial charge in [-0.2, -0.15) is 0 Å². The number of nitrogens with one attached hydrogen (secondary N) is 1. The molecule has 100 valence electrons. The summed E-state index contributed by atoms with van der Waals surface area (Å²) in [6.07, 6.45) is 4.82. The van der Waals surface area contributed by atoms with Gasteiger partial charge in [-0.1, -0.05) is 19.8 Å². The van der Waals surface area contributed by atoms with Crippen LogP contribution < -0.4 is 11.1 Å². The fourth-order valence-corrected chi connectivity index (χ4v) is 2.42. The first-order valence-electron chi connectivity index (χ1n) is 6.33. The van der Waals surface area contributed by atoms with Gasteiger partial charge in [-0.3, -0.25) is 4.79 Å². The normalized spacial score (nSPS) is 22.9. The molecule has 4 heteroatoms. The molecular formula is C14H21ClN2O.